The summed E-state index contributed by atoms with van der Waals surface area (Å²) in [5, 5.41) is 8.66. The largest absolute Gasteiger partial charge is 0.481 e. The molecule has 0 spiro atoms. The van der Waals surface area contributed by atoms with Crippen molar-refractivity contribution in [2.24, 2.45) is 0 Å². The Morgan fingerprint density at radius 2 is 2.42 bits per heavy atom. The topological polar surface area (TPSA) is 66.6 Å². The lowest BCUT2D eigenvalue weighted by Gasteiger charge is -2.34. The van der Waals surface area contributed by atoms with E-state index in [1.807, 2.05) is 0 Å². The van der Waals surface area contributed by atoms with Crippen LogP contribution < -0.4 is 0 Å². The summed E-state index contributed by atoms with van der Waals surface area (Å²) in [5.41, 5.74) is 0.749. The van der Waals surface area contributed by atoms with Crippen molar-refractivity contribution in [2.75, 3.05) is 13.1 Å². The lowest BCUT2D eigenvalue weighted by atomic mass is 9.97. The first-order chi connectivity index (χ1) is 9.06. The molecule has 1 aromatic heterocycles. The predicted octanol–water partition coefficient (Wildman–Crippen LogP) is 2.28. The maximum absolute atomic E-state index is 10.5. The summed E-state index contributed by atoms with van der Waals surface area (Å²) in [7, 11) is 0. The molecule has 0 radical (unpaired) electrons. The number of carbonyl (C=O) groups is 1. The number of aryl methyl sites for hydroxylation is 1. The SMILES string of the molecule is CC(C)N1CCCC(c2nc(CCC(=O)O)co2)C1. The number of hydrogen-bond donors (Lipinski definition) is 1. The molecule has 1 N–H and O–H groups in total. The van der Waals surface area contributed by atoms with E-state index in [4.69, 9.17) is 9.52 Å². The molecular formula is C14H22N2O3. The fraction of sp³-hybridized carbons (Fsp3) is 0.714. The number of likely N-dealkylation sites (tertiary alicyclic amines) is 1. The zero-order valence-electron chi connectivity index (χ0n) is 11.6. The normalized spacial score (nSPS) is 20.9. The van der Waals surface area contributed by atoms with Gasteiger partial charge in [-0.1, -0.05) is 0 Å². The number of hydrogen-bond acceptors (Lipinski definition) is 4. The highest BCUT2D eigenvalue weighted by Gasteiger charge is 2.26. The second-order valence-corrected chi connectivity index (χ2v) is 5.50. The van der Waals surface area contributed by atoms with Crippen molar-refractivity contribution in [1.29, 1.82) is 0 Å². The zero-order chi connectivity index (χ0) is 13.8. The van der Waals surface area contributed by atoms with E-state index in [0.29, 0.717) is 18.4 Å². The van der Waals surface area contributed by atoms with Gasteiger partial charge in [-0.05, 0) is 33.2 Å². The lowest BCUT2D eigenvalue weighted by molar-refractivity contribution is -0.136. The van der Waals surface area contributed by atoms with Crippen LogP contribution in [0.4, 0.5) is 0 Å². The molecule has 0 amide bonds. The number of rotatable bonds is 5. The van der Waals surface area contributed by atoms with Crippen LogP contribution in [0.1, 0.15) is 50.6 Å². The summed E-state index contributed by atoms with van der Waals surface area (Å²) in [6, 6.07) is 0.546. The Hall–Kier alpha value is -1.36. The first-order valence-electron chi connectivity index (χ1n) is 6.96. The van der Waals surface area contributed by atoms with Gasteiger partial charge in [-0.25, -0.2) is 4.98 Å². The number of oxazole rings is 1. The number of carboxylic acid groups (broad SMARTS) is 1. The van der Waals surface area contributed by atoms with Crippen LogP contribution in [0.25, 0.3) is 0 Å². The van der Waals surface area contributed by atoms with Gasteiger partial charge in [0.15, 0.2) is 5.89 Å². The van der Waals surface area contributed by atoms with Gasteiger partial charge in [0, 0.05) is 24.9 Å². The second-order valence-electron chi connectivity index (χ2n) is 5.50. The second kappa shape index (κ2) is 6.19. The molecule has 0 aliphatic carbocycles. The van der Waals surface area contributed by atoms with Crippen molar-refractivity contribution in [3.63, 3.8) is 0 Å². The van der Waals surface area contributed by atoms with E-state index in [2.05, 4.69) is 23.7 Å². The Bertz CT molecular complexity index is 428. The maximum Gasteiger partial charge on any atom is 0.303 e. The predicted molar refractivity (Wildman–Crippen MR) is 71.1 cm³/mol. The van der Waals surface area contributed by atoms with Gasteiger partial charge in [0.25, 0.3) is 0 Å². The fourth-order valence-corrected chi connectivity index (χ4v) is 2.54. The Morgan fingerprint density at radius 3 is 3.11 bits per heavy atom. The van der Waals surface area contributed by atoms with E-state index < -0.39 is 5.97 Å². The molecule has 106 valence electrons. The number of nitrogens with zero attached hydrogens (tertiary/aromatic N) is 2. The summed E-state index contributed by atoms with van der Waals surface area (Å²) in [6.07, 6.45) is 4.42. The Morgan fingerprint density at radius 1 is 1.63 bits per heavy atom. The molecule has 2 heterocycles. The molecule has 1 aliphatic rings. The summed E-state index contributed by atoms with van der Waals surface area (Å²) >= 11 is 0. The molecule has 2 rings (SSSR count). The molecule has 1 saturated heterocycles. The van der Waals surface area contributed by atoms with Gasteiger partial charge in [0.1, 0.15) is 6.26 Å². The standard InChI is InChI=1S/C14H22N2O3/c1-10(2)16-7-3-4-11(8-16)14-15-12(9-19-14)5-6-13(17)18/h9-11H,3-8H2,1-2H3,(H,17,18). The van der Waals surface area contributed by atoms with E-state index in [9.17, 15) is 4.79 Å². The fourth-order valence-electron chi connectivity index (χ4n) is 2.54. The number of carboxylic acids is 1. The summed E-state index contributed by atoms with van der Waals surface area (Å²) in [5.74, 6) is 0.314. The average molecular weight is 266 g/mol. The van der Waals surface area contributed by atoms with Crippen molar-refractivity contribution in [3.05, 3.63) is 17.8 Å². The molecule has 1 aliphatic heterocycles. The van der Waals surface area contributed by atoms with E-state index in [-0.39, 0.29) is 6.42 Å². The molecular weight excluding hydrogens is 244 g/mol. The van der Waals surface area contributed by atoms with Gasteiger partial charge in [-0.3, -0.25) is 4.79 Å². The van der Waals surface area contributed by atoms with Crippen molar-refractivity contribution in [1.82, 2.24) is 9.88 Å². The third-order valence-corrected chi connectivity index (χ3v) is 3.70. The minimum atomic E-state index is -0.798. The minimum absolute atomic E-state index is 0.106. The van der Waals surface area contributed by atoms with Crippen LogP contribution in [0.5, 0.6) is 0 Å². The first kappa shape index (κ1) is 14.1. The van der Waals surface area contributed by atoms with Crippen LogP contribution in [0.3, 0.4) is 0 Å². The van der Waals surface area contributed by atoms with Crippen LogP contribution in [-0.4, -0.2) is 40.1 Å². The van der Waals surface area contributed by atoms with Crippen LogP contribution in [-0.2, 0) is 11.2 Å². The molecule has 1 atom stereocenters. The van der Waals surface area contributed by atoms with Crippen molar-refractivity contribution in [3.8, 4) is 0 Å². The average Bonchev–Trinajstić information content (AvgIpc) is 2.85. The molecule has 19 heavy (non-hydrogen) atoms. The van der Waals surface area contributed by atoms with Crippen molar-refractivity contribution < 1.29 is 14.3 Å². The van der Waals surface area contributed by atoms with Gasteiger partial charge in [0.05, 0.1) is 12.1 Å². The van der Waals surface area contributed by atoms with E-state index in [0.717, 1.165) is 37.5 Å². The molecule has 0 aromatic carbocycles. The zero-order valence-corrected chi connectivity index (χ0v) is 11.6. The van der Waals surface area contributed by atoms with Crippen molar-refractivity contribution in [2.45, 2.75) is 51.5 Å². The Labute approximate surface area is 113 Å². The molecule has 5 heteroatoms. The molecule has 0 saturated carbocycles. The van der Waals surface area contributed by atoms with Crippen LogP contribution in [0.2, 0.25) is 0 Å². The first-order valence-corrected chi connectivity index (χ1v) is 6.96. The summed E-state index contributed by atoms with van der Waals surface area (Å²) in [4.78, 5) is 17.4. The van der Waals surface area contributed by atoms with Crippen molar-refractivity contribution >= 4 is 5.97 Å². The number of aliphatic carboxylic acids is 1. The van der Waals surface area contributed by atoms with Crippen LogP contribution >= 0.6 is 0 Å². The summed E-state index contributed by atoms with van der Waals surface area (Å²) in [6.45, 7) is 6.53. The van der Waals surface area contributed by atoms with E-state index in [1.165, 1.54) is 0 Å². The van der Waals surface area contributed by atoms with Crippen LogP contribution in [0.15, 0.2) is 10.7 Å². The lowest BCUT2D eigenvalue weighted by Crippen LogP contribution is -2.39. The van der Waals surface area contributed by atoms with Gasteiger partial charge in [0.2, 0.25) is 0 Å². The molecule has 1 unspecified atom stereocenters. The molecule has 0 bridgehead atoms. The summed E-state index contributed by atoms with van der Waals surface area (Å²) < 4.78 is 5.53. The number of aromatic nitrogens is 1. The number of piperidine rings is 1. The van der Waals surface area contributed by atoms with Gasteiger partial charge in [-0.15, -0.1) is 0 Å². The Balaban J connectivity index is 1.95. The minimum Gasteiger partial charge on any atom is -0.481 e. The smallest absolute Gasteiger partial charge is 0.303 e. The third kappa shape index (κ3) is 3.80. The molecule has 1 fully saturated rings. The highest BCUT2D eigenvalue weighted by molar-refractivity contribution is 5.66. The van der Waals surface area contributed by atoms with E-state index in [1.54, 1.807) is 6.26 Å². The van der Waals surface area contributed by atoms with E-state index >= 15 is 0 Å². The van der Waals surface area contributed by atoms with Crippen LogP contribution in [0, 0.1) is 0 Å². The van der Waals surface area contributed by atoms with Gasteiger partial charge in [-0.2, -0.15) is 0 Å². The van der Waals surface area contributed by atoms with Gasteiger partial charge >= 0.3 is 5.97 Å². The van der Waals surface area contributed by atoms with Gasteiger partial charge < -0.3 is 14.4 Å². The highest BCUT2D eigenvalue weighted by atomic mass is 16.4. The quantitative estimate of drug-likeness (QED) is 0.885. The highest BCUT2D eigenvalue weighted by Crippen LogP contribution is 2.27. The maximum atomic E-state index is 10.5. The monoisotopic (exact) mass is 266 g/mol. The molecule has 1 aromatic rings. The third-order valence-electron chi connectivity index (χ3n) is 3.70. The Kier molecular flexibility index (Phi) is 4.58. The molecule has 5 nitrogen and oxygen atoms in total.